The molecule has 0 aromatic heterocycles. The summed E-state index contributed by atoms with van der Waals surface area (Å²) in [5.74, 6) is -0.498. The first-order valence-corrected chi connectivity index (χ1v) is 4.21. The Morgan fingerprint density at radius 2 is 2.33 bits per heavy atom. The standard InChI is InChI=1S/C11H9NO3/c1-2-10(14)11(15)8-4-3-5-9(6-8)12-7-13/h2-6,11,15H,1H2. The molecule has 1 atom stereocenters. The van der Waals surface area contributed by atoms with Gasteiger partial charge in [0.15, 0.2) is 5.78 Å². The molecule has 1 N–H and O–H groups in total. The minimum absolute atomic E-state index is 0.346. The third-order valence-corrected chi connectivity index (χ3v) is 1.83. The molecule has 15 heavy (non-hydrogen) atoms. The number of rotatable bonds is 4. The van der Waals surface area contributed by atoms with Crippen molar-refractivity contribution in [2.45, 2.75) is 6.10 Å². The van der Waals surface area contributed by atoms with E-state index >= 15 is 0 Å². The van der Waals surface area contributed by atoms with Gasteiger partial charge in [-0.25, -0.2) is 4.79 Å². The van der Waals surface area contributed by atoms with Crippen LogP contribution in [0.4, 0.5) is 5.69 Å². The van der Waals surface area contributed by atoms with Crippen LogP contribution in [0.3, 0.4) is 0 Å². The van der Waals surface area contributed by atoms with E-state index in [0.29, 0.717) is 11.3 Å². The molecule has 0 aliphatic carbocycles. The average molecular weight is 203 g/mol. The van der Waals surface area contributed by atoms with Crippen LogP contribution in [-0.2, 0) is 9.59 Å². The van der Waals surface area contributed by atoms with Crippen molar-refractivity contribution in [3.8, 4) is 0 Å². The average Bonchev–Trinajstić information content (AvgIpc) is 2.28. The smallest absolute Gasteiger partial charge is 0.240 e. The fraction of sp³-hybridized carbons (Fsp3) is 0.0909. The van der Waals surface area contributed by atoms with Gasteiger partial charge in [0.05, 0.1) is 5.69 Å². The second kappa shape index (κ2) is 5.00. The molecule has 0 heterocycles. The molecule has 0 saturated heterocycles. The van der Waals surface area contributed by atoms with Crippen molar-refractivity contribution in [3.05, 3.63) is 42.5 Å². The summed E-state index contributed by atoms with van der Waals surface area (Å²) in [6.07, 6.45) is 1.16. The molecule has 4 heteroatoms. The number of aliphatic hydroxyl groups excluding tert-OH is 1. The minimum Gasteiger partial charge on any atom is -0.380 e. The van der Waals surface area contributed by atoms with Gasteiger partial charge in [-0.2, -0.15) is 4.99 Å². The first-order chi connectivity index (χ1) is 7.19. The lowest BCUT2D eigenvalue weighted by Crippen LogP contribution is -2.08. The molecule has 0 saturated carbocycles. The van der Waals surface area contributed by atoms with E-state index in [1.54, 1.807) is 18.2 Å². The Labute approximate surface area is 86.6 Å². The van der Waals surface area contributed by atoms with Crippen LogP contribution >= 0.6 is 0 Å². The van der Waals surface area contributed by atoms with Gasteiger partial charge in [0.2, 0.25) is 6.08 Å². The van der Waals surface area contributed by atoms with Gasteiger partial charge in [0.25, 0.3) is 0 Å². The number of aliphatic imine (C=N–C) groups is 1. The summed E-state index contributed by atoms with van der Waals surface area (Å²) >= 11 is 0. The lowest BCUT2D eigenvalue weighted by molar-refractivity contribution is -0.122. The van der Waals surface area contributed by atoms with E-state index in [1.807, 2.05) is 0 Å². The van der Waals surface area contributed by atoms with Gasteiger partial charge in [-0.15, -0.1) is 0 Å². The Morgan fingerprint density at radius 1 is 1.60 bits per heavy atom. The fourth-order valence-electron chi connectivity index (χ4n) is 1.09. The third kappa shape index (κ3) is 2.71. The highest BCUT2D eigenvalue weighted by molar-refractivity contribution is 5.93. The molecular formula is C11H9NO3. The first-order valence-electron chi connectivity index (χ1n) is 4.21. The van der Waals surface area contributed by atoms with Crippen LogP contribution in [0.5, 0.6) is 0 Å². The zero-order valence-electron chi connectivity index (χ0n) is 7.88. The molecule has 0 radical (unpaired) electrons. The molecule has 0 aliphatic heterocycles. The highest BCUT2D eigenvalue weighted by atomic mass is 16.3. The number of isocyanates is 1. The van der Waals surface area contributed by atoms with Crippen molar-refractivity contribution in [1.29, 1.82) is 0 Å². The number of benzene rings is 1. The van der Waals surface area contributed by atoms with Gasteiger partial charge in [-0.05, 0) is 23.8 Å². The van der Waals surface area contributed by atoms with E-state index in [9.17, 15) is 14.7 Å². The molecule has 1 aromatic carbocycles. The van der Waals surface area contributed by atoms with Gasteiger partial charge in [-0.1, -0.05) is 18.7 Å². The molecule has 0 fully saturated rings. The molecule has 1 unspecified atom stereocenters. The second-order valence-electron chi connectivity index (χ2n) is 2.81. The number of ketones is 1. The molecule has 0 amide bonds. The van der Waals surface area contributed by atoms with E-state index in [1.165, 1.54) is 12.1 Å². The Balaban J connectivity index is 3.04. The normalized spacial score (nSPS) is 11.3. The van der Waals surface area contributed by atoms with Crippen molar-refractivity contribution < 1.29 is 14.7 Å². The van der Waals surface area contributed by atoms with E-state index < -0.39 is 11.9 Å². The monoisotopic (exact) mass is 203 g/mol. The Bertz CT molecular complexity index is 433. The summed E-state index contributed by atoms with van der Waals surface area (Å²) < 4.78 is 0. The Hall–Kier alpha value is -2.03. The van der Waals surface area contributed by atoms with Crippen molar-refractivity contribution in [3.63, 3.8) is 0 Å². The van der Waals surface area contributed by atoms with Crippen molar-refractivity contribution in [2.24, 2.45) is 4.99 Å². The van der Waals surface area contributed by atoms with Gasteiger partial charge in [0, 0.05) is 0 Å². The van der Waals surface area contributed by atoms with Crippen molar-refractivity contribution in [2.75, 3.05) is 0 Å². The predicted molar refractivity (Wildman–Crippen MR) is 54.4 cm³/mol. The van der Waals surface area contributed by atoms with Gasteiger partial charge >= 0.3 is 0 Å². The van der Waals surface area contributed by atoms with Crippen LogP contribution in [0.1, 0.15) is 11.7 Å². The zero-order valence-corrected chi connectivity index (χ0v) is 7.88. The summed E-state index contributed by atoms with van der Waals surface area (Å²) in [4.78, 5) is 24.5. The molecular weight excluding hydrogens is 194 g/mol. The maximum Gasteiger partial charge on any atom is 0.240 e. The number of carbonyl (C=O) groups is 1. The predicted octanol–water partition coefficient (Wildman–Crippen LogP) is 1.44. The summed E-state index contributed by atoms with van der Waals surface area (Å²) in [5, 5.41) is 9.52. The van der Waals surface area contributed by atoms with Crippen LogP contribution in [0.25, 0.3) is 0 Å². The number of hydrogen-bond donors (Lipinski definition) is 1. The Kier molecular flexibility index (Phi) is 3.68. The lowest BCUT2D eigenvalue weighted by atomic mass is 10.1. The molecule has 1 rings (SSSR count). The number of carbonyl (C=O) groups excluding carboxylic acids is 2. The van der Waals surface area contributed by atoms with Gasteiger partial charge in [0.1, 0.15) is 6.10 Å². The molecule has 0 aliphatic rings. The topological polar surface area (TPSA) is 66.7 Å². The highest BCUT2D eigenvalue weighted by Crippen LogP contribution is 2.20. The van der Waals surface area contributed by atoms with E-state index in [-0.39, 0.29) is 0 Å². The third-order valence-electron chi connectivity index (χ3n) is 1.83. The number of aliphatic hydroxyl groups is 1. The highest BCUT2D eigenvalue weighted by Gasteiger charge is 2.13. The van der Waals surface area contributed by atoms with E-state index in [2.05, 4.69) is 11.6 Å². The SMILES string of the molecule is C=CC(=O)C(O)c1cccc(N=C=O)c1. The molecule has 76 valence electrons. The second-order valence-corrected chi connectivity index (χ2v) is 2.81. The molecule has 0 spiro atoms. The fourth-order valence-corrected chi connectivity index (χ4v) is 1.09. The quantitative estimate of drug-likeness (QED) is 0.457. The Morgan fingerprint density at radius 3 is 2.93 bits per heavy atom. The van der Waals surface area contributed by atoms with Crippen LogP contribution in [0.2, 0.25) is 0 Å². The number of nitrogens with zero attached hydrogens (tertiary/aromatic N) is 1. The van der Waals surface area contributed by atoms with Crippen LogP contribution in [0.15, 0.2) is 41.9 Å². The van der Waals surface area contributed by atoms with Crippen molar-refractivity contribution in [1.82, 2.24) is 0 Å². The van der Waals surface area contributed by atoms with E-state index in [4.69, 9.17) is 0 Å². The zero-order chi connectivity index (χ0) is 11.3. The van der Waals surface area contributed by atoms with E-state index in [0.717, 1.165) is 6.08 Å². The summed E-state index contributed by atoms with van der Waals surface area (Å²) in [7, 11) is 0. The largest absolute Gasteiger partial charge is 0.380 e. The maximum atomic E-state index is 11.1. The minimum atomic E-state index is -1.26. The molecule has 0 bridgehead atoms. The van der Waals surface area contributed by atoms with Crippen molar-refractivity contribution >= 4 is 17.6 Å². The van der Waals surface area contributed by atoms with Crippen LogP contribution in [-0.4, -0.2) is 17.0 Å². The first kappa shape index (κ1) is 11.0. The lowest BCUT2D eigenvalue weighted by Gasteiger charge is -2.06. The molecule has 4 nitrogen and oxygen atoms in total. The summed E-state index contributed by atoms with van der Waals surface area (Å²) in [5.41, 5.74) is 0.717. The number of hydrogen-bond acceptors (Lipinski definition) is 4. The summed E-state index contributed by atoms with van der Waals surface area (Å²) in [6.45, 7) is 3.27. The molecule has 1 aromatic rings. The van der Waals surface area contributed by atoms with Crippen LogP contribution in [0, 0.1) is 0 Å². The van der Waals surface area contributed by atoms with Crippen LogP contribution < -0.4 is 0 Å². The van der Waals surface area contributed by atoms with Gasteiger partial charge < -0.3 is 5.11 Å². The maximum absolute atomic E-state index is 11.1. The van der Waals surface area contributed by atoms with Gasteiger partial charge in [-0.3, -0.25) is 4.79 Å². The summed E-state index contributed by atoms with van der Waals surface area (Å²) in [6, 6.07) is 6.16.